The third-order valence-electron chi connectivity index (χ3n) is 1.59. The first kappa shape index (κ1) is 11.8. The van der Waals surface area contributed by atoms with E-state index < -0.39 is 12.8 Å². The Hall–Kier alpha value is -1.29. The molecule has 0 spiro atoms. The number of halogens is 3. The van der Waals surface area contributed by atoms with Gasteiger partial charge in [0.1, 0.15) is 6.61 Å². The molecule has 0 N–H and O–H groups in total. The first-order valence-corrected chi connectivity index (χ1v) is 4.44. The predicted molar refractivity (Wildman–Crippen MR) is 52.4 cm³/mol. The number of benzene rings is 1. The molecule has 1 aromatic rings. The zero-order valence-corrected chi connectivity index (χ0v) is 8.00. The van der Waals surface area contributed by atoms with Crippen LogP contribution in [0.15, 0.2) is 36.4 Å². The van der Waals surface area contributed by atoms with Crippen molar-refractivity contribution >= 4 is 6.08 Å². The fourth-order valence-electron chi connectivity index (χ4n) is 0.991. The molecule has 15 heavy (non-hydrogen) atoms. The Balaban J connectivity index is 2.24. The Morgan fingerprint density at radius 3 is 2.40 bits per heavy atom. The van der Waals surface area contributed by atoms with Gasteiger partial charge in [-0.1, -0.05) is 42.5 Å². The van der Waals surface area contributed by atoms with E-state index in [9.17, 15) is 13.2 Å². The van der Waals surface area contributed by atoms with Crippen molar-refractivity contribution in [2.45, 2.75) is 6.18 Å². The van der Waals surface area contributed by atoms with Crippen molar-refractivity contribution in [2.24, 2.45) is 0 Å². The fourth-order valence-corrected chi connectivity index (χ4v) is 0.991. The molecule has 0 bridgehead atoms. The van der Waals surface area contributed by atoms with Crippen LogP contribution >= 0.6 is 0 Å². The van der Waals surface area contributed by atoms with Crippen LogP contribution in [0.5, 0.6) is 0 Å². The third kappa shape index (κ3) is 5.91. The van der Waals surface area contributed by atoms with Crippen molar-refractivity contribution in [3.63, 3.8) is 0 Å². The van der Waals surface area contributed by atoms with E-state index in [0.29, 0.717) is 0 Å². The minimum atomic E-state index is -4.25. The maximum atomic E-state index is 11.7. The van der Waals surface area contributed by atoms with Gasteiger partial charge < -0.3 is 4.74 Å². The molecule has 0 fully saturated rings. The molecule has 1 aromatic carbocycles. The van der Waals surface area contributed by atoms with Crippen LogP contribution in [0.4, 0.5) is 13.2 Å². The molecule has 0 unspecified atom stereocenters. The first-order chi connectivity index (χ1) is 7.08. The summed E-state index contributed by atoms with van der Waals surface area (Å²) >= 11 is 0. The van der Waals surface area contributed by atoms with Crippen LogP contribution in [-0.4, -0.2) is 19.4 Å². The number of hydrogen-bond acceptors (Lipinski definition) is 1. The Labute approximate surface area is 86.2 Å². The second-order valence-corrected chi connectivity index (χ2v) is 2.94. The average molecular weight is 216 g/mol. The molecule has 82 valence electrons. The van der Waals surface area contributed by atoms with Crippen molar-refractivity contribution in [2.75, 3.05) is 13.2 Å². The lowest BCUT2D eigenvalue weighted by atomic mass is 10.2. The largest absolute Gasteiger partial charge is 0.411 e. The van der Waals surface area contributed by atoms with Crippen LogP contribution in [0.2, 0.25) is 0 Å². The molecule has 0 aromatic heterocycles. The van der Waals surface area contributed by atoms with E-state index in [0.717, 1.165) is 5.56 Å². The molecular formula is C11H11F3O. The SMILES string of the molecule is FC(F)(F)COCC=Cc1ccccc1. The summed E-state index contributed by atoms with van der Waals surface area (Å²) in [7, 11) is 0. The van der Waals surface area contributed by atoms with Gasteiger partial charge in [0.05, 0.1) is 6.61 Å². The van der Waals surface area contributed by atoms with Crippen LogP contribution in [0, 0.1) is 0 Å². The highest BCUT2D eigenvalue weighted by Crippen LogP contribution is 2.14. The van der Waals surface area contributed by atoms with E-state index in [-0.39, 0.29) is 6.61 Å². The number of rotatable bonds is 4. The van der Waals surface area contributed by atoms with Crippen molar-refractivity contribution in [3.05, 3.63) is 42.0 Å². The van der Waals surface area contributed by atoms with Crippen LogP contribution in [0.1, 0.15) is 5.56 Å². The fraction of sp³-hybridized carbons (Fsp3) is 0.273. The van der Waals surface area contributed by atoms with Crippen LogP contribution < -0.4 is 0 Å². The monoisotopic (exact) mass is 216 g/mol. The van der Waals surface area contributed by atoms with Crippen LogP contribution in [0.25, 0.3) is 6.08 Å². The molecule has 0 aliphatic heterocycles. The van der Waals surface area contributed by atoms with E-state index in [4.69, 9.17) is 0 Å². The topological polar surface area (TPSA) is 9.23 Å². The predicted octanol–water partition coefficient (Wildman–Crippen LogP) is 3.28. The summed E-state index contributed by atoms with van der Waals surface area (Å²) in [4.78, 5) is 0. The summed E-state index contributed by atoms with van der Waals surface area (Å²) in [6.45, 7) is -1.24. The van der Waals surface area contributed by atoms with E-state index in [1.54, 1.807) is 12.2 Å². The lowest BCUT2D eigenvalue weighted by Gasteiger charge is -2.04. The standard InChI is InChI=1S/C11H11F3O/c12-11(13,14)9-15-8-4-7-10-5-2-1-3-6-10/h1-7H,8-9H2. The van der Waals surface area contributed by atoms with Crippen molar-refractivity contribution in [3.8, 4) is 0 Å². The average Bonchev–Trinajstić information content (AvgIpc) is 2.17. The van der Waals surface area contributed by atoms with Crippen molar-refractivity contribution in [1.29, 1.82) is 0 Å². The Kier molecular flexibility index (Phi) is 4.37. The zero-order chi connectivity index (χ0) is 11.1. The van der Waals surface area contributed by atoms with E-state index in [1.807, 2.05) is 30.3 Å². The lowest BCUT2D eigenvalue weighted by molar-refractivity contribution is -0.171. The molecule has 0 radical (unpaired) electrons. The Morgan fingerprint density at radius 1 is 1.13 bits per heavy atom. The summed E-state index contributed by atoms with van der Waals surface area (Å²) in [5.41, 5.74) is 0.938. The Morgan fingerprint density at radius 2 is 1.80 bits per heavy atom. The number of ether oxygens (including phenoxy) is 1. The highest BCUT2D eigenvalue weighted by Gasteiger charge is 2.26. The van der Waals surface area contributed by atoms with Gasteiger partial charge in [0.25, 0.3) is 0 Å². The summed E-state index contributed by atoms with van der Waals surface area (Å²) in [5.74, 6) is 0. The van der Waals surface area contributed by atoms with E-state index >= 15 is 0 Å². The van der Waals surface area contributed by atoms with Gasteiger partial charge in [-0.25, -0.2) is 0 Å². The molecule has 0 heterocycles. The molecular weight excluding hydrogens is 205 g/mol. The van der Waals surface area contributed by atoms with Gasteiger partial charge in [0, 0.05) is 0 Å². The maximum Gasteiger partial charge on any atom is 0.411 e. The smallest absolute Gasteiger partial charge is 0.368 e. The van der Waals surface area contributed by atoms with Gasteiger partial charge in [0.2, 0.25) is 0 Å². The summed E-state index contributed by atoms with van der Waals surface area (Å²) in [5, 5.41) is 0. The van der Waals surface area contributed by atoms with Gasteiger partial charge in [-0.15, -0.1) is 0 Å². The zero-order valence-electron chi connectivity index (χ0n) is 8.00. The van der Waals surface area contributed by atoms with Crippen molar-refractivity contribution < 1.29 is 17.9 Å². The Bertz CT molecular complexity index is 303. The van der Waals surface area contributed by atoms with Gasteiger partial charge in [-0.2, -0.15) is 13.2 Å². The summed E-state index contributed by atoms with van der Waals surface area (Å²) in [6, 6.07) is 9.31. The molecule has 1 nitrogen and oxygen atoms in total. The molecule has 0 saturated heterocycles. The second kappa shape index (κ2) is 5.56. The highest BCUT2D eigenvalue weighted by molar-refractivity contribution is 5.48. The van der Waals surface area contributed by atoms with Gasteiger partial charge >= 0.3 is 6.18 Å². The highest BCUT2D eigenvalue weighted by atomic mass is 19.4. The van der Waals surface area contributed by atoms with E-state index in [2.05, 4.69) is 4.74 Å². The first-order valence-electron chi connectivity index (χ1n) is 4.44. The number of alkyl halides is 3. The van der Waals surface area contributed by atoms with E-state index in [1.165, 1.54) is 0 Å². The summed E-state index contributed by atoms with van der Waals surface area (Å²) < 4.78 is 39.4. The quantitative estimate of drug-likeness (QED) is 0.702. The van der Waals surface area contributed by atoms with Gasteiger partial charge in [-0.05, 0) is 5.56 Å². The third-order valence-corrected chi connectivity index (χ3v) is 1.59. The normalized spacial score (nSPS) is 12.2. The van der Waals surface area contributed by atoms with Crippen LogP contribution in [0.3, 0.4) is 0 Å². The molecule has 1 rings (SSSR count). The van der Waals surface area contributed by atoms with Crippen LogP contribution in [-0.2, 0) is 4.74 Å². The lowest BCUT2D eigenvalue weighted by Crippen LogP contribution is -2.16. The molecule has 0 saturated carbocycles. The number of hydrogen-bond donors (Lipinski definition) is 0. The second-order valence-electron chi connectivity index (χ2n) is 2.94. The maximum absolute atomic E-state index is 11.7. The molecule has 0 aliphatic rings. The molecule has 4 heteroatoms. The minimum Gasteiger partial charge on any atom is -0.368 e. The minimum absolute atomic E-state index is 0.0333. The molecule has 0 atom stereocenters. The van der Waals surface area contributed by atoms with Gasteiger partial charge in [0.15, 0.2) is 0 Å². The molecule has 0 amide bonds. The summed E-state index contributed by atoms with van der Waals surface area (Å²) in [6.07, 6.45) is -0.974. The van der Waals surface area contributed by atoms with Crippen molar-refractivity contribution in [1.82, 2.24) is 0 Å². The van der Waals surface area contributed by atoms with Gasteiger partial charge in [-0.3, -0.25) is 0 Å². The molecule has 0 aliphatic carbocycles.